The van der Waals surface area contributed by atoms with Gasteiger partial charge in [-0.25, -0.2) is 0 Å². The Morgan fingerprint density at radius 1 is 0.935 bits per heavy atom. The molecule has 2 rings (SSSR count). The molecule has 1 fully saturated rings. The first kappa shape index (κ1) is 23.9. The van der Waals surface area contributed by atoms with Crippen LogP contribution in [0, 0.1) is 0 Å². The Balaban J connectivity index is 2.55. The van der Waals surface area contributed by atoms with Gasteiger partial charge < -0.3 is 24.3 Å². The molecule has 5 atom stereocenters. The van der Waals surface area contributed by atoms with Crippen molar-refractivity contribution in [2.45, 2.75) is 58.2 Å². The quantitative estimate of drug-likeness (QED) is 0.321. The van der Waals surface area contributed by atoms with Crippen LogP contribution in [0.5, 0.6) is 0 Å². The molecule has 0 aromatic carbocycles. The van der Waals surface area contributed by atoms with E-state index in [0.717, 1.165) is 39.0 Å². The highest BCUT2D eigenvalue weighted by Gasteiger charge is 2.52. The number of hydrogen-bond donors (Lipinski definition) is 1. The fourth-order valence-electron chi connectivity index (χ4n) is 3.35. The molecular formula is C20H23NO10. The van der Waals surface area contributed by atoms with Gasteiger partial charge in [0.15, 0.2) is 23.8 Å². The van der Waals surface area contributed by atoms with E-state index in [1.54, 1.807) is 0 Å². The summed E-state index contributed by atoms with van der Waals surface area (Å²) in [5.41, 5.74) is -0.0995. The minimum absolute atomic E-state index is 0.0995. The highest BCUT2D eigenvalue weighted by molar-refractivity contribution is 6.17. The monoisotopic (exact) mass is 437 g/mol. The van der Waals surface area contributed by atoms with Crippen LogP contribution in [0.4, 0.5) is 0 Å². The van der Waals surface area contributed by atoms with Crippen LogP contribution >= 0.6 is 0 Å². The Bertz CT molecular complexity index is 858. The lowest BCUT2D eigenvalue weighted by Crippen LogP contribution is -2.66. The molecule has 0 saturated carbocycles. The molecule has 1 N–H and O–H groups in total. The normalized spacial score (nSPS) is 27.7. The van der Waals surface area contributed by atoms with Crippen molar-refractivity contribution in [1.29, 1.82) is 0 Å². The van der Waals surface area contributed by atoms with Crippen molar-refractivity contribution >= 4 is 35.4 Å². The predicted octanol–water partition coefficient (Wildman–Crippen LogP) is -0.681. The number of esters is 3. The minimum Gasteiger partial charge on any atom is -0.463 e. The van der Waals surface area contributed by atoms with Crippen LogP contribution in [-0.4, -0.2) is 72.4 Å². The van der Waals surface area contributed by atoms with Crippen molar-refractivity contribution in [2.24, 2.45) is 0 Å². The van der Waals surface area contributed by atoms with Gasteiger partial charge in [-0.2, -0.15) is 0 Å². The Morgan fingerprint density at radius 2 is 1.55 bits per heavy atom. The first-order valence-corrected chi connectivity index (χ1v) is 9.38. The topological polar surface area (TPSA) is 151 Å². The summed E-state index contributed by atoms with van der Waals surface area (Å²) in [7, 11) is 0. The van der Waals surface area contributed by atoms with E-state index in [2.05, 4.69) is 5.32 Å². The van der Waals surface area contributed by atoms with Gasteiger partial charge in [-0.15, -0.1) is 0 Å². The molecule has 0 bridgehead atoms. The first-order valence-electron chi connectivity index (χ1n) is 9.38. The van der Waals surface area contributed by atoms with Crippen molar-refractivity contribution in [3.8, 4) is 0 Å². The summed E-state index contributed by atoms with van der Waals surface area (Å²) in [5, 5.41) is 2.54. The third kappa shape index (κ3) is 6.32. The molecule has 11 nitrogen and oxygen atoms in total. The fourth-order valence-corrected chi connectivity index (χ4v) is 3.35. The zero-order valence-corrected chi connectivity index (χ0v) is 17.4. The maximum atomic E-state index is 12.5. The zero-order valence-electron chi connectivity index (χ0n) is 17.4. The Morgan fingerprint density at radius 3 is 2.10 bits per heavy atom. The van der Waals surface area contributed by atoms with Gasteiger partial charge in [0.25, 0.3) is 0 Å². The van der Waals surface area contributed by atoms with E-state index in [1.165, 1.54) is 6.92 Å². The van der Waals surface area contributed by atoms with Gasteiger partial charge in [0.05, 0.1) is 0 Å². The number of carbonyl (C=O) groups is 6. The first-order chi connectivity index (χ1) is 14.5. The molecule has 0 aromatic rings. The van der Waals surface area contributed by atoms with Gasteiger partial charge in [0.2, 0.25) is 5.91 Å². The number of allylic oxidation sites excluding steroid dienone is 3. The van der Waals surface area contributed by atoms with Gasteiger partial charge in [0.1, 0.15) is 24.9 Å². The number of hydrogen-bond acceptors (Lipinski definition) is 10. The molecule has 0 unspecified atom stereocenters. The summed E-state index contributed by atoms with van der Waals surface area (Å²) < 4.78 is 21.5. The summed E-state index contributed by atoms with van der Waals surface area (Å²) in [6.07, 6.45) is -1.85. The predicted molar refractivity (Wildman–Crippen MR) is 101 cm³/mol. The fraction of sp³-hybridized carbons (Fsp3) is 0.500. The van der Waals surface area contributed by atoms with Crippen LogP contribution in [0.15, 0.2) is 23.8 Å². The Labute approximate surface area is 177 Å². The molecule has 0 radical (unpaired) electrons. The lowest BCUT2D eigenvalue weighted by molar-refractivity contribution is -0.218. The molecule has 1 amide bonds. The Hall–Kier alpha value is -3.34. The van der Waals surface area contributed by atoms with Crippen LogP contribution in [-0.2, 0) is 47.7 Å². The summed E-state index contributed by atoms with van der Waals surface area (Å²) in [6.45, 7) is 4.17. The van der Waals surface area contributed by atoms with Gasteiger partial charge >= 0.3 is 17.9 Å². The van der Waals surface area contributed by atoms with E-state index in [4.69, 9.17) is 18.9 Å². The van der Waals surface area contributed by atoms with E-state index < -0.39 is 72.4 Å². The molecular weight excluding hydrogens is 414 g/mol. The number of amides is 1. The molecule has 2 aliphatic rings. The molecule has 168 valence electrons. The van der Waals surface area contributed by atoms with Crippen molar-refractivity contribution < 1.29 is 47.7 Å². The lowest BCUT2D eigenvalue weighted by Gasteiger charge is -2.45. The van der Waals surface area contributed by atoms with E-state index in [-0.39, 0.29) is 5.57 Å². The molecule has 11 heteroatoms. The minimum atomic E-state index is -1.31. The molecule has 1 heterocycles. The molecule has 1 aliphatic carbocycles. The highest BCUT2D eigenvalue weighted by Crippen LogP contribution is 2.31. The second-order valence-electron chi connectivity index (χ2n) is 6.97. The summed E-state index contributed by atoms with van der Waals surface area (Å²) in [4.78, 5) is 71.0. The van der Waals surface area contributed by atoms with Crippen LogP contribution in [0.3, 0.4) is 0 Å². The third-order valence-electron chi connectivity index (χ3n) is 4.40. The average molecular weight is 437 g/mol. The number of carbonyl (C=O) groups excluding carboxylic acids is 6. The van der Waals surface area contributed by atoms with Crippen molar-refractivity contribution in [3.05, 3.63) is 23.8 Å². The van der Waals surface area contributed by atoms with Crippen LogP contribution in [0.25, 0.3) is 0 Å². The van der Waals surface area contributed by atoms with Crippen molar-refractivity contribution in [1.82, 2.24) is 5.32 Å². The number of rotatable bonds is 6. The van der Waals surface area contributed by atoms with Crippen LogP contribution in [0.1, 0.15) is 27.7 Å². The molecule has 0 aromatic heterocycles. The summed E-state index contributed by atoms with van der Waals surface area (Å²) in [5.74, 6) is -3.75. The van der Waals surface area contributed by atoms with E-state index in [9.17, 15) is 28.8 Å². The summed E-state index contributed by atoms with van der Waals surface area (Å²) >= 11 is 0. The largest absolute Gasteiger partial charge is 0.463 e. The third-order valence-corrected chi connectivity index (χ3v) is 4.40. The molecule has 0 spiro atoms. The number of ketones is 2. The van der Waals surface area contributed by atoms with Crippen molar-refractivity contribution in [2.75, 3.05) is 6.61 Å². The van der Waals surface area contributed by atoms with E-state index in [0.29, 0.717) is 0 Å². The van der Waals surface area contributed by atoms with Crippen molar-refractivity contribution in [3.63, 3.8) is 0 Å². The average Bonchev–Trinajstić information content (AvgIpc) is 2.64. The smallest absolute Gasteiger partial charge is 0.303 e. The molecule has 31 heavy (non-hydrogen) atoms. The maximum Gasteiger partial charge on any atom is 0.303 e. The Kier molecular flexibility index (Phi) is 7.81. The van der Waals surface area contributed by atoms with E-state index in [1.807, 2.05) is 0 Å². The van der Waals surface area contributed by atoms with E-state index >= 15 is 0 Å². The second kappa shape index (κ2) is 10.1. The number of nitrogens with one attached hydrogen (secondary N) is 1. The molecule has 1 saturated heterocycles. The van der Waals surface area contributed by atoms with Gasteiger partial charge in [0, 0.05) is 33.3 Å². The highest BCUT2D eigenvalue weighted by atomic mass is 16.6. The molecule has 1 aliphatic heterocycles. The van der Waals surface area contributed by atoms with Crippen LogP contribution in [0.2, 0.25) is 0 Å². The standard InChI is InChI=1S/C20H23NO10/c1-9(22)21-17-18(14-7-13(26)5-6-15(14)27)31-16(8-28-10(2)23)19(29-11(3)24)20(17)30-12(4)25/h5-7,16-20H,8H2,1-4H3,(H,21,22)/t16-,17+,18-,19+,20-/m1/s1. The lowest BCUT2D eigenvalue weighted by atomic mass is 9.85. The zero-order chi connectivity index (χ0) is 23.3. The maximum absolute atomic E-state index is 12.5. The second-order valence-corrected chi connectivity index (χ2v) is 6.97. The van der Waals surface area contributed by atoms with Crippen LogP contribution < -0.4 is 5.32 Å². The van der Waals surface area contributed by atoms with Gasteiger partial charge in [-0.1, -0.05) is 0 Å². The van der Waals surface area contributed by atoms with Gasteiger partial charge in [-0.3, -0.25) is 28.8 Å². The van der Waals surface area contributed by atoms with Gasteiger partial charge in [-0.05, 0) is 18.2 Å². The SMILES string of the molecule is CC(=O)N[C@@H]1[C@@H](OC(C)=O)[C@@H](OC(C)=O)[C@@H](COC(C)=O)O[C@@H]1C1=CC(=O)C=CC1=O. The number of ether oxygens (including phenoxy) is 4. The summed E-state index contributed by atoms with van der Waals surface area (Å²) in [6, 6.07) is -1.19.